The minimum absolute atomic E-state index is 0.958. The van der Waals surface area contributed by atoms with Crippen molar-refractivity contribution in [1.82, 2.24) is 0 Å². The molecule has 2 rings (SSSR count). The molecule has 0 aromatic heterocycles. The summed E-state index contributed by atoms with van der Waals surface area (Å²) in [5.74, 6) is 0. The maximum Gasteiger partial charge on any atom is 0.0754 e. The summed E-state index contributed by atoms with van der Waals surface area (Å²) in [6.07, 6.45) is 3.75. The first-order chi connectivity index (χ1) is 6.42. The Labute approximate surface area is 77.1 Å². The molecule has 68 valence electrons. The van der Waals surface area contributed by atoms with Gasteiger partial charge in [0, 0.05) is 17.8 Å². The van der Waals surface area contributed by atoms with Crippen molar-refractivity contribution in [2.24, 2.45) is 5.16 Å². The fraction of sp³-hybridized carbons (Fsp3) is 0.300. The standard InChI is InChI=1S/C10H12N2O/c13-12-7-9-4-1-3-8-5-2-6-11-10(8)9/h1,3-4,7,11,13H,2,5-6H2. The molecule has 1 aliphatic heterocycles. The number of benzene rings is 1. The Morgan fingerprint density at radius 1 is 1.46 bits per heavy atom. The molecule has 1 aromatic rings. The monoisotopic (exact) mass is 176 g/mol. The molecule has 0 unspecified atom stereocenters. The highest BCUT2D eigenvalue weighted by molar-refractivity contribution is 5.88. The number of nitrogens with zero attached hydrogens (tertiary/aromatic N) is 1. The van der Waals surface area contributed by atoms with Gasteiger partial charge in [0.2, 0.25) is 0 Å². The van der Waals surface area contributed by atoms with E-state index >= 15 is 0 Å². The number of nitrogens with one attached hydrogen (secondary N) is 1. The van der Waals surface area contributed by atoms with Crippen molar-refractivity contribution in [2.75, 3.05) is 11.9 Å². The number of fused-ring (bicyclic) bond motifs is 1. The molecule has 0 atom stereocenters. The molecule has 2 N–H and O–H groups in total. The molecule has 0 saturated carbocycles. The molecule has 3 heteroatoms. The highest BCUT2D eigenvalue weighted by Crippen LogP contribution is 2.24. The molecule has 1 heterocycles. The molecule has 13 heavy (non-hydrogen) atoms. The van der Waals surface area contributed by atoms with E-state index in [1.807, 2.05) is 12.1 Å². The van der Waals surface area contributed by atoms with Gasteiger partial charge in [-0.05, 0) is 18.4 Å². The van der Waals surface area contributed by atoms with Gasteiger partial charge in [0.25, 0.3) is 0 Å². The van der Waals surface area contributed by atoms with Gasteiger partial charge in [-0.3, -0.25) is 0 Å². The van der Waals surface area contributed by atoms with Crippen molar-refractivity contribution < 1.29 is 5.21 Å². The van der Waals surface area contributed by atoms with Crippen molar-refractivity contribution in [3.63, 3.8) is 0 Å². The van der Waals surface area contributed by atoms with Crippen molar-refractivity contribution in [2.45, 2.75) is 12.8 Å². The van der Waals surface area contributed by atoms with E-state index in [0.29, 0.717) is 0 Å². The van der Waals surface area contributed by atoms with Crippen molar-refractivity contribution in [3.05, 3.63) is 29.3 Å². The Morgan fingerprint density at radius 2 is 2.38 bits per heavy atom. The molecule has 0 radical (unpaired) electrons. The third-order valence-electron chi connectivity index (χ3n) is 2.30. The summed E-state index contributed by atoms with van der Waals surface area (Å²) in [6.45, 7) is 1.00. The zero-order chi connectivity index (χ0) is 9.10. The first-order valence-electron chi connectivity index (χ1n) is 4.45. The molecule has 0 amide bonds. The van der Waals surface area contributed by atoms with Gasteiger partial charge in [-0.2, -0.15) is 0 Å². The van der Waals surface area contributed by atoms with Crippen molar-refractivity contribution in [1.29, 1.82) is 0 Å². The van der Waals surface area contributed by atoms with Gasteiger partial charge in [-0.1, -0.05) is 23.4 Å². The fourth-order valence-corrected chi connectivity index (χ4v) is 1.71. The van der Waals surface area contributed by atoms with E-state index in [4.69, 9.17) is 5.21 Å². The molecule has 0 saturated heterocycles. The normalized spacial score (nSPS) is 15.4. The number of para-hydroxylation sites is 1. The Kier molecular flexibility index (Phi) is 2.17. The summed E-state index contributed by atoms with van der Waals surface area (Å²) in [7, 11) is 0. The van der Waals surface area contributed by atoms with E-state index in [1.165, 1.54) is 18.2 Å². The third-order valence-corrected chi connectivity index (χ3v) is 2.30. The van der Waals surface area contributed by atoms with Crippen LogP contribution in [0.15, 0.2) is 23.4 Å². The number of rotatable bonds is 1. The zero-order valence-corrected chi connectivity index (χ0v) is 7.33. The van der Waals surface area contributed by atoms with Crippen LogP contribution in [0.4, 0.5) is 5.69 Å². The Bertz CT molecular complexity index is 334. The van der Waals surface area contributed by atoms with Crippen LogP contribution in [0.25, 0.3) is 0 Å². The van der Waals surface area contributed by atoms with E-state index in [1.54, 1.807) is 0 Å². The SMILES string of the molecule is ON=Cc1cccc2c1NCCC2. The molecular formula is C10H12N2O. The molecule has 3 nitrogen and oxygen atoms in total. The summed E-state index contributed by atoms with van der Waals surface area (Å²) >= 11 is 0. The molecule has 0 fully saturated rings. The minimum Gasteiger partial charge on any atom is -0.411 e. The molecule has 0 spiro atoms. The van der Waals surface area contributed by atoms with Crippen molar-refractivity contribution >= 4 is 11.9 Å². The molecular weight excluding hydrogens is 164 g/mol. The first-order valence-corrected chi connectivity index (χ1v) is 4.45. The number of aryl methyl sites for hydroxylation is 1. The molecule has 1 aliphatic rings. The topological polar surface area (TPSA) is 44.6 Å². The minimum atomic E-state index is 0.958. The zero-order valence-electron chi connectivity index (χ0n) is 7.33. The maximum atomic E-state index is 8.46. The van der Waals surface area contributed by atoms with Crippen LogP contribution in [0.5, 0.6) is 0 Å². The van der Waals surface area contributed by atoms with Gasteiger partial charge in [0.15, 0.2) is 0 Å². The van der Waals surface area contributed by atoms with Gasteiger partial charge in [0.1, 0.15) is 0 Å². The number of hydrogen-bond donors (Lipinski definition) is 2. The van der Waals surface area contributed by atoms with Crippen LogP contribution in [0, 0.1) is 0 Å². The lowest BCUT2D eigenvalue weighted by molar-refractivity contribution is 0.322. The fourth-order valence-electron chi connectivity index (χ4n) is 1.71. The van der Waals surface area contributed by atoms with E-state index in [2.05, 4.69) is 16.5 Å². The maximum absolute atomic E-state index is 8.46. The smallest absolute Gasteiger partial charge is 0.0754 e. The lowest BCUT2D eigenvalue weighted by atomic mass is 10.00. The molecule has 0 aliphatic carbocycles. The molecule has 0 bridgehead atoms. The van der Waals surface area contributed by atoms with Crippen LogP contribution in [0.2, 0.25) is 0 Å². The average Bonchev–Trinajstić information content (AvgIpc) is 2.19. The van der Waals surface area contributed by atoms with Crippen LogP contribution < -0.4 is 5.32 Å². The summed E-state index contributed by atoms with van der Waals surface area (Å²) in [4.78, 5) is 0. The Hall–Kier alpha value is -1.51. The van der Waals surface area contributed by atoms with Gasteiger partial charge >= 0.3 is 0 Å². The second-order valence-corrected chi connectivity index (χ2v) is 3.16. The third kappa shape index (κ3) is 1.49. The lowest BCUT2D eigenvalue weighted by Gasteiger charge is -2.19. The summed E-state index contributed by atoms with van der Waals surface area (Å²) in [5, 5.41) is 14.8. The Balaban J connectivity index is 2.45. The predicted octanol–water partition coefficient (Wildman–Crippen LogP) is 1.85. The average molecular weight is 176 g/mol. The van der Waals surface area contributed by atoms with E-state index in [9.17, 15) is 0 Å². The summed E-state index contributed by atoms with van der Waals surface area (Å²) in [6, 6.07) is 6.04. The quantitative estimate of drug-likeness (QED) is 0.389. The van der Waals surface area contributed by atoms with E-state index < -0.39 is 0 Å². The number of anilines is 1. The summed E-state index contributed by atoms with van der Waals surface area (Å²) < 4.78 is 0. The largest absolute Gasteiger partial charge is 0.411 e. The van der Waals surface area contributed by atoms with Gasteiger partial charge in [-0.25, -0.2) is 0 Å². The summed E-state index contributed by atoms with van der Waals surface area (Å²) in [5.41, 5.74) is 3.38. The number of hydrogen-bond acceptors (Lipinski definition) is 3. The van der Waals surface area contributed by atoms with Crippen LogP contribution in [0.3, 0.4) is 0 Å². The second kappa shape index (κ2) is 3.47. The van der Waals surface area contributed by atoms with Crippen molar-refractivity contribution in [3.8, 4) is 0 Å². The van der Waals surface area contributed by atoms with Crippen LogP contribution in [0.1, 0.15) is 17.5 Å². The van der Waals surface area contributed by atoms with E-state index in [-0.39, 0.29) is 0 Å². The van der Waals surface area contributed by atoms with Gasteiger partial charge in [-0.15, -0.1) is 0 Å². The van der Waals surface area contributed by atoms with Gasteiger partial charge < -0.3 is 10.5 Å². The van der Waals surface area contributed by atoms with Gasteiger partial charge in [0.05, 0.1) is 6.21 Å². The lowest BCUT2D eigenvalue weighted by Crippen LogP contribution is -2.13. The number of oxime groups is 1. The van der Waals surface area contributed by atoms with Crippen LogP contribution in [-0.2, 0) is 6.42 Å². The van der Waals surface area contributed by atoms with E-state index in [0.717, 1.165) is 24.2 Å². The van der Waals surface area contributed by atoms with Crippen LogP contribution >= 0.6 is 0 Å². The van der Waals surface area contributed by atoms with Crippen LogP contribution in [-0.4, -0.2) is 18.0 Å². The Morgan fingerprint density at radius 3 is 3.23 bits per heavy atom. The predicted molar refractivity (Wildman–Crippen MR) is 52.6 cm³/mol. The highest BCUT2D eigenvalue weighted by Gasteiger charge is 2.10. The highest BCUT2D eigenvalue weighted by atomic mass is 16.4. The second-order valence-electron chi connectivity index (χ2n) is 3.16. The molecule has 1 aromatic carbocycles. The first kappa shape index (κ1) is 8.10.